The molecular formula is C15H19NOS. The van der Waals surface area contributed by atoms with Crippen LogP contribution in [0.4, 0.5) is 0 Å². The van der Waals surface area contributed by atoms with Gasteiger partial charge in [-0.2, -0.15) is 11.3 Å². The summed E-state index contributed by atoms with van der Waals surface area (Å²) >= 11 is 1.73. The molecule has 0 bridgehead atoms. The minimum atomic E-state index is -0.297. The number of thiophene rings is 1. The largest absolute Gasteiger partial charge is 0.497 e. The van der Waals surface area contributed by atoms with Crippen LogP contribution in [0, 0.1) is 0 Å². The summed E-state index contributed by atoms with van der Waals surface area (Å²) in [6, 6.07) is 10.2. The molecule has 0 spiro atoms. The fourth-order valence-corrected chi connectivity index (χ4v) is 2.66. The molecule has 1 atom stereocenters. The molecule has 96 valence electrons. The van der Waals surface area contributed by atoms with E-state index in [9.17, 15) is 0 Å². The molecule has 18 heavy (non-hydrogen) atoms. The van der Waals surface area contributed by atoms with Crippen molar-refractivity contribution in [1.29, 1.82) is 0 Å². The molecule has 1 aromatic heterocycles. The number of nitrogens with two attached hydrogens (primary N) is 1. The highest BCUT2D eigenvalue weighted by atomic mass is 32.1. The maximum Gasteiger partial charge on any atom is 0.118 e. The Morgan fingerprint density at radius 2 is 1.94 bits per heavy atom. The Balaban J connectivity index is 2.04. The smallest absolute Gasteiger partial charge is 0.118 e. The lowest BCUT2D eigenvalue weighted by Gasteiger charge is -2.25. The van der Waals surface area contributed by atoms with Gasteiger partial charge in [0.15, 0.2) is 0 Å². The van der Waals surface area contributed by atoms with Crippen LogP contribution in [0.25, 0.3) is 0 Å². The molecule has 0 saturated carbocycles. The monoisotopic (exact) mass is 261 g/mol. The second-order valence-electron chi connectivity index (χ2n) is 4.78. The van der Waals surface area contributed by atoms with Crippen molar-refractivity contribution in [3.63, 3.8) is 0 Å². The van der Waals surface area contributed by atoms with Crippen LogP contribution in [-0.2, 0) is 12.0 Å². The lowest BCUT2D eigenvalue weighted by atomic mass is 9.87. The van der Waals surface area contributed by atoms with Crippen LogP contribution in [0.3, 0.4) is 0 Å². The molecule has 0 saturated heterocycles. The lowest BCUT2D eigenvalue weighted by molar-refractivity contribution is 0.412. The maximum absolute atomic E-state index is 6.41. The minimum Gasteiger partial charge on any atom is -0.497 e. The van der Waals surface area contributed by atoms with Gasteiger partial charge in [-0.05, 0) is 59.9 Å². The Labute approximate surface area is 112 Å². The van der Waals surface area contributed by atoms with Gasteiger partial charge in [0.1, 0.15) is 5.75 Å². The standard InChI is InChI=1S/C15H19NOS/c1-15(16,9-7-12-8-10-18-11-12)13-3-5-14(17-2)6-4-13/h3-6,8,10-11H,7,9,16H2,1-2H3. The molecule has 0 fully saturated rings. The normalized spacial score (nSPS) is 14.2. The number of rotatable bonds is 5. The van der Waals surface area contributed by atoms with Gasteiger partial charge in [-0.15, -0.1) is 0 Å². The van der Waals surface area contributed by atoms with Crippen molar-refractivity contribution < 1.29 is 4.74 Å². The first-order chi connectivity index (χ1) is 8.62. The minimum absolute atomic E-state index is 0.297. The zero-order chi connectivity index (χ0) is 13.0. The second-order valence-corrected chi connectivity index (χ2v) is 5.56. The third-order valence-corrected chi connectivity index (χ3v) is 3.99. The van der Waals surface area contributed by atoms with Crippen molar-refractivity contribution in [1.82, 2.24) is 0 Å². The zero-order valence-corrected chi connectivity index (χ0v) is 11.7. The van der Waals surface area contributed by atoms with Crippen LogP contribution in [0.15, 0.2) is 41.1 Å². The van der Waals surface area contributed by atoms with Gasteiger partial charge < -0.3 is 10.5 Å². The topological polar surface area (TPSA) is 35.2 Å². The van der Waals surface area contributed by atoms with E-state index in [4.69, 9.17) is 10.5 Å². The summed E-state index contributed by atoms with van der Waals surface area (Å²) < 4.78 is 5.16. The summed E-state index contributed by atoms with van der Waals surface area (Å²) in [7, 11) is 1.67. The van der Waals surface area contributed by atoms with Gasteiger partial charge in [-0.25, -0.2) is 0 Å². The highest BCUT2D eigenvalue weighted by Gasteiger charge is 2.20. The summed E-state index contributed by atoms with van der Waals surface area (Å²) in [6.07, 6.45) is 1.96. The van der Waals surface area contributed by atoms with Crippen LogP contribution in [0.2, 0.25) is 0 Å². The summed E-state index contributed by atoms with van der Waals surface area (Å²) in [4.78, 5) is 0. The average molecular weight is 261 g/mol. The van der Waals surface area contributed by atoms with Crippen LogP contribution in [0.1, 0.15) is 24.5 Å². The SMILES string of the molecule is COc1ccc(C(C)(N)CCc2ccsc2)cc1. The van der Waals surface area contributed by atoms with Gasteiger partial charge in [-0.3, -0.25) is 0 Å². The van der Waals surface area contributed by atoms with Crippen molar-refractivity contribution in [2.24, 2.45) is 5.73 Å². The predicted octanol–water partition coefficient (Wildman–Crippen LogP) is 3.56. The van der Waals surface area contributed by atoms with Gasteiger partial charge in [0, 0.05) is 5.54 Å². The molecule has 0 radical (unpaired) electrons. The molecule has 0 aliphatic heterocycles. The van der Waals surface area contributed by atoms with Crippen molar-refractivity contribution in [3.05, 3.63) is 52.2 Å². The second kappa shape index (κ2) is 5.55. The number of ether oxygens (including phenoxy) is 1. The Morgan fingerprint density at radius 3 is 2.50 bits per heavy atom. The van der Waals surface area contributed by atoms with Crippen molar-refractivity contribution in [3.8, 4) is 5.75 Å². The molecule has 0 aliphatic rings. The van der Waals surface area contributed by atoms with E-state index in [2.05, 4.69) is 23.8 Å². The van der Waals surface area contributed by atoms with Crippen molar-refractivity contribution in [2.45, 2.75) is 25.3 Å². The van der Waals surface area contributed by atoms with E-state index < -0.39 is 0 Å². The van der Waals surface area contributed by atoms with Crippen LogP contribution in [-0.4, -0.2) is 7.11 Å². The first kappa shape index (κ1) is 13.1. The molecule has 1 aromatic carbocycles. The van der Waals surface area contributed by atoms with Crippen LogP contribution < -0.4 is 10.5 Å². The molecule has 1 unspecified atom stereocenters. The van der Waals surface area contributed by atoms with E-state index >= 15 is 0 Å². The van der Waals surface area contributed by atoms with Crippen molar-refractivity contribution >= 4 is 11.3 Å². The Hall–Kier alpha value is -1.32. The molecule has 3 heteroatoms. The third-order valence-electron chi connectivity index (χ3n) is 3.26. The van der Waals surface area contributed by atoms with Crippen molar-refractivity contribution in [2.75, 3.05) is 7.11 Å². The lowest BCUT2D eigenvalue weighted by Crippen LogP contribution is -2.33. The van der Waals surface area contributed by atoms with Gasteiger partial charge in [-0.1, -0.05) is 12.1 Å². The average Bonchev–Trinajstić information content (AvgIpc) is 2.90. The number of hydrogen-bond acceptors (Lipinski definition) is 3. The Kier molecular flexibility index (Phi) is 4.04. The van der Waals surface area contributed by atoms with Crippen LogP contribution in [0.5, 0.6) is 5.75 Å². The number of methoxy groups -OCH3 is 1. The molecule has 1 heterocycles. The van der Waals surface area contributed by atoms with Gasteiger partial charge in [0.25, 0.3) is 0 Å². The van der Waals surface area contributed by atoms with Gasteiger partial charge in [0.2, 0.25) is 0 Å². The molecule has 2 N–H and O–H groups in total. The summed E-state index contributed by atoms with van der Waals surface area (Å²) in [6.45, 7) is 2.08. The molecule has 0 aliphatic carbocycles. The number of hydrogen-bond donors (Lipinski definition) is 1. The summed E-state index contributed by atoms with van der Waals surface area (Å²) in [5.74, 6) is 0.868. The highest BCUT2D eigenvalue weighted by molar-refractivity contribution is 7.07. The van der Waals surface area contributed by atoms with Crippen LogP contribution >= 0.6 is 11.3 Å². The van der Waals surface area contributed by atoms with Gasteiger partial charge >= 0.3 is 0 Å². The van der Waals surface area contributed by atoms with E-state index in [1.807, 2.05) is 24.3 Å². The molecule has 2 nitrogen and oxygen atoms in total. The summed E-state index contributed by atoms with van der Waals surface area (Å²) in [5.41, 5.74) is 8.63. The van der Waals surface area contributed by atoms with E-state index in [1.165, 1.54) is 5.56 Å². The van der Waals surface area contributed by atoms with E-state index in [0.29, 0.717) is 0 Å². The number of aryl methyl sites for hydroxylation is 1. The molecule has 2 aromatic rings. The third kappa shape index (κ3) is 3.12. The number of benzene rings is 1. The van der Waals surface area contributed by atoms with E-state index in [-0.39, 0.29) is 5.54 Å². The highest BCUT2D eigenvalue weighted by Crippen LogP contribution is 2.25. The first-order valence-corrected chi connectivity index (χ1v) is 7.00. The molecule has 0 amide bonds. The first-order valence-electron chi connectivity index (χ1n) is 6.06. The Morgan fingerprint density at radius 1 is 1.22 bits per heavy atom. The van der Waals surface area contributed by atoms with Gasteiger partial charge in [0.05, 0.1) is 7.11 Å². The molecular weight excluding hydrogens is 242 g/mol. The molecule has 2 rings (SSSR count). The van der Waals surface area contributed by atoms with E-state index in [1.54, 1.807) is 18.4 Å². The van der Waals surface area contributed by atoms with E-state index in [0.717, 1.165) is 24.2 Å². The Bertz CT molecular complexity index is 474. The fraction of sp³-hybridized carbons (Fsp3) is 0.333. The quantitative estimate of drug-likeness (QED) is 0.893. The maximum atomic E-state index is 6.41. The zero-order valence-electron chi connectivity index (χ0n) is 10.8. The fourth-order valence-electron chi connectivity index (χ4n) is 1.96. The summed E-state index contributed by atoms with van der Waals surface area (Å²) in [5, 5.41) is 4.29. The predicted molar refractivity (Wildman–Crippen MR) is 77.2 cm³/mol.